The normalized spacial score (nSPS) is 33.3. The van der Waals surface area contributed by atoms with E-state index in [1.54, 1.807) is 0 Å². The van der Waals surface area contributed by atoms with E-state index in [0.717, 1.165) is 6.42 Å². The highest BCUT2D eigenvalue weighted by molar-refractivity contribution is 5.28. The van der Waals surface area contributed by atoms with Gasteiger partial charge in [0.25, 0.3) is 0 Å². The second-order valence-corrected chi connectivity index (χ2v) is 3.98. The lowest BCUT2D eigenvalue weighted by Crippen LogP contribution is -2.02. The molecule has 0 bridgehead atoms. The zero-order chi connectivity index (χ0) is 8.60. The highest BCUT2D eigenvalue weighted by Gasteiger charge is 2.49. The van der Waals surface area contributed by atoms with E-state index in [-0.39, 0.29) is 5.41 Å². The molecule has 1 aliphatic rings. The maximum absolute atomic E-state index is 9.10. The van der Waals surface area contributed by atoms with Crippen molar-refractivity contribution in [3.05, 3.63) is 35.9 Å². The summed E-state index contributed by atoms with van der Waals surface area (Å²) in [5, 5.41) is 9.10. The number of aliphatic hydroxyl groups excluding tert-OH is 1. The number of rotatable bonds is 2. The van der Waals surface area contributed by atoms with Crippen molar-refractivity contribution in [2.24, 2.45) is 5.41 Å². The standard InChI is InChI=1S/C11H14O/c1-11(8-12)7-10(11)9-5-3-2-4-6-9/h2-6,10,12H,7-8H2,1H3/t10-,11-/m0/s1. The highest BCUT2D eigenvalue weighted by atomic mass is 16.3. The molecule has 1 fully saturated rings. The summed E-state index contributed by atoms with van der Waals surface area (Å²) in [6, 6.07) is 10.4. The summed E-state index contributed by atoms with van der Waals surface area (Å²) in [6.45, 7) is 2.46. The van der Waals surface area contributed by atoms with E-state index >= 15 is 0 Å². The molecule has 0 amide bonds. The van der Waals surface area contributed by atoms with Crippen LogP contribution in [0.4, 0.5) is 0 Å². The van der Waals surface area contributed by atoms with Gasteiger partial charge in [-0.05, 0) is 23.3 Å². The summed E-state index contributed by atoms with van der Waals surface area (Å²) in [5.41, 5.74) is 1.54. The van der Waals surface area contributed by atoms with Crippen molar-refractivity contribution < 1.29 is 5.11 Å². The Kier molecular flexibility index (Phi) is 1.69. The van der Waals surface area contributed by atoms with Crippen molar-refractivity contribution in [1.29, 1.82) is 0 Å². The molecule has 1 aliphatic carbocycles. The minimum Gasteiger partial charge on any atom is -0.396 e. The van der Waals surface area contributed by atoms with Crippen molar-refractivity contribution in [3.8, 4) is 0 Å². The first-order valence-electron chi connectivity index (χ1n) is 4.42. The maximum Gasteiger partial charge on any atom is 0.0490 e. The third kappa shape index (κ3) is 1.14. The SMILES string of the molecule is C[C@@]1(CO)C[C@H]1c1ccccc1. The third-order valence-electron chi connectivity index (χ3n) is 2.91. The Morgan fingerprint density at radius 3 is 2.58 bits per heavy atom. The fourth-order valence-corrected chi connectivity index (χ4v) is 1.79. The molecule has 0 radical (unpaired) electrons. The first-order valence-corrected chi connectivity index (χ1v) is 4.42. The van der Waals surface area contributed by atoms with Crippen molar-refractivity contribution >= 4 is 0 Å². The first-order chi connectivity index (χ1) is 5.76. The van der Waals surface area contributed by atoms with Crippen LogP contribution in [-0.2, 0) is 0 Å². The van der Waals surface area contributed by atoms with Crippen LogP contribution in [0.2, 0.25) is 0 Å². The lowest BCUT2D eigenvalue weighted by Gasteiger charge is -2.05. The molecule has 12 heavy (non-hydrogen) atoms. The lowest BCUT2D eigenvalue weighted by atomic mass is 10.0. The van der Waals surface area contributed by atoms with Crippen LogP contribution < -0.4 is 0 Å². The van der Waals surface area contributed by atoms with Crippen LogP contribution in [0, 0.1) is 5.41 Å². The summed E-state index contributed by atoms with van der Waals surface area (Å²) in [6.07, 6.45) is 1.13. The van der Waals surface area contributed by atoms with E-state index in [2.05, 4.69) is 31.2 Å². The Hall–Kier alpha value is -0.820. The molecule has 64 valence electrons. The minimum atomic E-state index is 0.168. The predicted octanol–water partition coefficient (Wildman–Crippen LogP) is 2.17. The highest BCUT2D eigenvalue weighted by Crippen LogP contribution is 2.58. The topological polar surface area (TPSA) is 20.2 Å². The Bertz CT molecular complexity index is 268. The smallest absolute Gasteiger partial charge is 0.0490 e. The molecule has 1 aromatic carbocycles. The van der Waals surface area contributed by atoms with Gasteiger partial charge in [-0.25, -0.2) is 0 Å². The second-order valence-electron chi connectivity index (χ2n) is 3.98. The van der Waals surface area contributed by atoms with Crippen LogP contribution in [-0.4, -0.2) is 11.7 Å². The third-order valence-corrected chi connectivity index (χ3v) is 2.91. The van der Waals surface area contributed by atoms with Crippen LogP contribution in [0.3, 0.4) is 0 Å². The van der Waals surface area contributed by atoms with Crippen molar-refractivity contribution in [2.75, 3.05) is 6.61 Å². The van der Waals surface area contributed by atoms with E-state index < -0.39 is 0 Å². The Balaban J connectivity index is 2.16. The minimum absolute atomic E-state index is 0.168. The lowest BCUT2D eigenvalue weighted by molar-refractivity contribution is 0.220. The number of benzene rings is 1. The van der Waals surface area contributed by atoms with E-state index in [1.165, 1.54) is 5.56 Å². The maximum atomic E-state index is 9.10. The average Bonchev–Trinajstić information content (AvgIpc) is 2.81. The molecule has 1 nitrogen and oxygen atoms in total. The summed E-state index contributed by atoms with van der Waals surface area (Å²) < 4.78 is 0. The van der Waals surface area contributed by atoms with Crippen LogP contribution in [0.25, 0.3) is 0 Å². The van der Waals surface area contributed by atoms with Gasteiger partial charge in [0.1, 0.15) is 0 Å². The van der Waals surface area contributed by atoms with Gasteiger partial charge in [0.15, 0.2) is 0 Å². The van der Waals surface area contributed by atoms with Gasteiger partial charge in [-0.3, -0.25) is 0 Å². The molecule has 0 unspecified atom stereocenters. The molecule has 0 aliphatic heterocycles. The number of hydrogen-bond donors (Lipinski definition) is 1. The summed E-state index contributed by atoms with van der Waals surface area (Å²) >= 11 is 0. The van der Waals surface area contributed by atoms with Gasteiger partial charge >= 0.3 is 0 Å². The van der Waals surface area contributed by atoms with Crippen LogP contribution in [0.15, 0.2) is 30.3 Å². The number of aliphatic hydroxyl groups is 1. The quantitative estimate of drug-likeness (QED) is 0.706. The second kappa shape index (κ2) is 2.60. The molecule has 0 aromatic heterocycles. The van der Waals surface area contributed by atoms with Gasteiger partial charge in [0.2, 0.25) is 0 Å². The van der Waals surface area contributed by atoms with Crippen LogP contribution in [0.1, 0.15) is 24.8 Å². The van der Waals surface area contributed by atoms with E-state index in [9.17, 15) is 0 Å². The van der Waals surface area contributed by atoms with Gasteiger partial charge < -0.3 is 5.11 Å². The molecule has 1 heteroatoms. The largest absolute Gasteiger partial charge is 0.396 e. The molecular weight excluding hydrogens is 148 g/mol. The fraction of sp³-hybridized carbons (Fsp3) is 0.455. The molecule has 0 spiro atoms. The summed E-state index contributed by atoms with van der Waals surface area (Å²) in [7, 11) is 0. The van der Waals surface area contributed by atoms with E-state index in [1.807, 2.05) is 6.07 Å². The van der Waals surface area contributed by atoms with Crippen molar-refractivity contribution in [2.45, 2.75) is 19.3 Å². The molecular formula is C11H14O. The van der Waals surface area contributed by atoms with Gasteiger partial charge in [-0.2, -0.15) is 0 Å². The zero-order valence-corrected chi connectivity index (χ0v) is 7.33. The predicted molar refractivity (Wildman–Crippen MR) is 49.0 cm³/mol. The van der Waals surface area contributed by atoms with E-state index in [0.29, 0.717) is 12.5 Å². The van der Waals surface area contributed by atoms with Crippen LogP contribution in [0.5, 0.6) is 0 Å². The van der Waals surface area contributed by atoms with Gasteiger partial charge in [-0.1, -0.05) is 37.3 Å². The molecule has 1 aromatic rings. The van der Waals surface area contributed by atoms with Gasteiger partial charge in [0.05, 0.1) is 0 Å². The summed E-state index contributed by atoms with van der Waals surface area (Å²) in [4.78, 5) is 0. The number of hydrogen-bond acceptors (Lipinski definition) is 1. The van der Waals surface area contributed by atoms with E-state index in [4.69, 9.17) is 5.11 Å². The van der Waals surface area contributed by atoms with Gasteiger partial charge in [-0.15, -0.1) is 0 Å². The molecule has 1 saturated carbocycles. The van der Waals surface area contributed by atoms with Crippen molar-refractivity contribution in [1.82, 2.24) is 0 Å². The Labute approximate surface area is 73.0 Å². The Morgan fingerprint density at radius 1 is 1.42 bits per heavy atom. The molecule has 2 rings (SSSR count). The average molecular weight is 162 g/mol. The summed E-state index contributed by atoms with van der Waals surface area (Å²) in [5.74, 6) is 0.587. The fourth-order valence-electron chi connectivity index (χ4n) is 1.79. The molecule has 1 N–H and O–H groups in total. The van der Waals surface area contributed by atoms with Crippen molar-refractivity contribution in [3.63, 3.8) is 0 Å². The molecule has 2 atom stereocenters. The molecule has 0 saturated heterocycles. The van der Waals surface area contributed by atoms with Gasteiger partial charge in [0, 0.05) is 6.61 Å². The van der Waals surface area contributed by atoms with Crippen LogP contribution >= 0.6 is 0 Å². The zero-order valence-electron chi connectivity index (χ0n) is 7.33. The molecule has 0 heterocycles. The monoisotopic (exact) mass is 162 g/mol. The Morgan fingerprint density at radius 2 is 2.08 bits per heavy atom. The first kappa shape index (κ1) is 7.81.